The molecule has 1 aromatic heterocycles. The molecule has 3 aromatic carbocycles. The smallest absolute Gasteiger partial charge is 0.319 e. The van der Waals surface area contributed by atoms with Gasteiger partial charge in [0.05, 0.1) is 16.7 Å². The lowest BCUT2D eigenvalue weighted by atomic mass is 9.91. The van der Waals surface area contributed by atoms with Crippen molar-refractivity contribution < 1.29 is 27.4 Å². The molecule has 5 aliphatic rings. The van der Waals surface area contributed by atoms with Crippen LogP contribution in [-0.4, -0.2) is 76.6 Å². The Kier molecular flexibility index (Phi) is 6.59. The fourth-order valence-corrected chi connectivity index (χ4v) is 8.07. The summed E-state index contributed by atoms with van der Waals surface area (Å²) in [6, 6.07) is 6.46. The number of nitrogens with one attached hydrogen (secondary N) is 1. The Morgan fingerprint density at radius 2 is 1.98 bits per heavy atom. The largest absolute Gasteiger partial charge is 0.508 e. The molecular formula is C34H31F4N5O2. The van der Waals surface area contributed by atoms with Gasteiger partial charge in [-0.3, -0.25) is 4.90 Å². The lowest BCUT2D eigenvalue weighted by Gasteiger charge is -2.46. The van der Waals surface area contributed by atoms with Crippen molar-refractivity contribution in [1.82, 2.24) is 20.2 Å². The predicted octanol–water partition coefficient (Wildman–Crippen LogP) is 5.45. The molecule has 4 atom stereocenters. The van der Waals surface area contributed by atoms with Crippen LogP contribution in [0.15, 0.2) is 30.3 Å². The van der Waals surface area contributed by atoms with Gasteiger partial charge in [-0.15, -0.1) is 6.42 Å². The number of ether oxygens (including phenoxy) is 1. The van der Waals surface area contributed by atoms with E-state index in [-0.39, 0.29) is 57.9 Å². The minimum Gasteiger partial charge on any atom is -0.508 e. The number of benzene rings is 3. The summed E-state index contributed by atoms with van der Waals surface area (Å²) < 4.78 is 68.5. The van der Waals surface area contributed by atoms with Crippen LogP contribution in [0.5, 0.6) is 11.8 Å². The molecule has 1 unspecified atom stereocenters. The first-order valence-corrected chi connectivity index (χ1v) is 15.4. The summed E-state index contributed by atoms with van der Waals surface area (Å²) in [6.07, 6.45) is 8.62. The molecule has 0 aliphatic carbocycles. The predicted molar refractivity (Wildman–Crippen MR) is 163 cm³/mol. The molecule has 0 saturated carbocycles. The Morgan fingerprint density at radius 3 is 2.73 bits per heavy atom. The zero-order chi connectivity index (χ0) is 31.0. The van der Waals surface area contributed by atoms with Gasteiger partial charge in [0.15, 0.2) is 5.82 Å². The van der Waals surface area contributed by atoms with Crippen LogP contribution in [0.4, 0.5) is 23.4 Å². The van der Waals surface area contributed by atoms with E-state index in [1.165, 1.54) is 24.3 Å². The Hall–Kier alpha value is -4.14. The molecule has 232 valence electrons. The molecular weight excluding hydrogens is 586 g/mol. The second kappa shape index (κ2) is 10.5. The van der Waals surface area contributed by atoms with Crippen molar-refractivity contribution in [2.45, 2.75) is 55.9 Å². The van der Waals surface area contributed by atoms with Crippen LogP contribution in [0.25, 0.3) is 32.8 Å². The SMILES string of the molecule is C#Cc1c(F)ccc2cc(O)cc(-c3c(F)cc4c(N5C[C@@H]6CCC5CN6)nc(OC[C@@]56CCCN5C[C@H](F)C6)nc4c3F)c12. The Labute approximate surface area is 257 Å². The number of aromatic nitrogens is 2. The van der Waals surface area contributed by atoms with Gasteiger partial charge in [0.25, 0.3) is 0 Å². The van der Waals surface area contributed by atoms with Crippen molar-refractivity contribution in [3.05, 3.63) is 53.3 Å². The van der Waals surface area contributed by atoms with E-state index in [1.54, 1.807) is 0 Å². The number of nitrogens with zero attached hydrogens (tertiary/aromatic N) is 4. The van der Waals surface area contributed by atoms with Crippen LogP contribution in [0.3, 0.4) is 0 Å². The van der Waals surface area contributed by atoms with Crippen LogP contribution >= 0.6 is 0 Å². The number of hydrogen-bond donors (Lipinski definition) is 2. The van der Waals surface area contributed by atoms with Crippen molar-refractivity contribution in [3.63, 3.8) is 0 Å². The van der Waals surface area contributed by atoms with Gasteiger partial charge >= 0.3 is 6.01 Å². The number of piperazine rings is 1. The standard InChI is InChI=1S/C34H31F4N5O2/c1-2-23-26(36)7-4-18-10-22(44)11-24(28(18)23)29-27(37)12-25-31(30(29)38)40-33(41-32(25)43-16-20-5-6-21(43)14-39-20)45-17-34-8-3-9-42(34)15-19(35)13-34/h1,4,7,10-12,19-21,39,44H,3,5-6,8-9,13-17H2/t19-,20+,21?,34+/m1/s1. The Morgan fingerprint density at radius 1 is 1.11 bits per heavy atom. The van der Waals surface area contributed by atoms with E-state index in [0.717, 1.165) is 38.3 Å². The van der Waals surface area contributed by atoms with Gasteiger partial charge in [-0.05, 0) is 61.9 Å². The van der Waals surface area contributed by atoms with Crippen molar-refractivity contribution in [2.24, 2.45) is 0 Å². The highest BCUT2D eigenvalue weighted by Gasteiger charge is 2.49. The molecule has 0 amide bonds. The van der Waals surface area contributed by atoms with Gasteiger partial charge in [-0.2, -0.15) is 9.97 Å². The number of piperidine rings is 2. The molecule has 0 spiro atoms. The van der Waals surface area contributed by atoms with Crippen LogP contribution in [0.1, 0.15) is 37.7 Å². The summed E-state index contributed by atoms with van der Waals surface area (Å²) in [5.41, 5.74) is -1.42. The zero-order valence-corrected chi connectivity index (χ0v) is 24.4. The van der Waals surface area contributed by atoms with E-state index in [2.05, 4.69) is 26.0 Å². The first-order chi connectivity index (χ1) is 21.7. The summed E-state index contributed by atoms with van der Waals surface area (Å²) >= 11 is 0. The van der Waals surface area contributed by atoms with Gasteiger partial charge in [-0.1, -0.05) is 12.0 Å². The summed E-state index contributed by atoms with van der Waals surface area (Å²) in [5.74, 6) is -0.277. The van der Waals surface area contributed by atoms with Crippen LogP contribution in [0, 0.1) is 29.8 Å². The number of hydrogen-bond acceptors (Lipinski definition) is 7. The summed E-state index contributed by atoms with van der Waals surface area (Å²) in [6.45, 7) is 2.59. The summed E-state index contributed by atoms with van der Waals surface area (Å²) in [5, 5.41) is 14.6. The maximum atomic E-state index is 16.8. The molecule has 45 heavy (non-hydrogen) atoms. The molecule has 6 heterocycles. The van der Waals surface area contributed by atoms with E-state index in [9.17, 15) is 13.9 Å². The molecule has 5 fully saturated rings. The molecule has 5 aliphatic heterocycles. The van der Waals surface area contributed by atoms with E-state index in [1.807, 2.05) is 0 Å². The van der Waals surface area contributed by atoms with Gasteiger partial charge in [0.2, 0.25) is 0 Å². The first kappa shape index (κ1) is 28.3. The lowest BCUT2D eigenvalue weighted by molar-refractivity contribution is 0.107. The Balaban J connectivity index is 1.31. The van der Waals surface area contributed by atoms with E-state index >= 15 is 8.78 Å². The quantitative estimate of drug-likeness (QED) is 0.228. The summed E-state index contributed by atoms with van der Waals surface area (Å²) in [4.78, 5) is 13.4. The molecule has 5 saturated heterocycles. The highest BCUT2D eigenvalue weighted by Crippen LogP contribution is 2.43. The van der Waals surface area contributed by atoms with Crippen molar-refractivity contribution in [2.75, 3.05) is 37.7 Å². The minimum atomic E-state index is -1.01. The number of phenols is 1. The Bertz CT molecular complexity index is 1910. The molecule has 0 radical (unpaired) electrons. The number of phenolic OH excluding ortho intramolecular Hbond substituents is 1. The minimum absolute atomic E-state index is 0.0639. The number of terminal acetylenes is 1. The zero-order valence-electron chi connectivity index (χ0n) is 24.4. The topological polar surface area (TPSA) is 73.8 Å². The van der Waals surface area contributed by atoms with Crippen LogP contribution in [0.2, 0.25) is 0 Å². The lowest BCUT2D eigenvalue weighted by Crippen LogP contribution is -2.61. The monoisotopic (exact) mass is 617 g/mol. The molecule has 2 N–H and O–H groups in total. The van der Waals surface area contributed by atoms with E-state index < -0.39 is 34.7 Å². The second-order valence-electron chi connectivity index (χ2n) is 12.8. The van der Waals surface area contributed by atoms with E-state index in [4.69, 9.17) is 16.1 Å². The second-order valence-corrected chi connectivity index (χ2v) is 12.8. The maximum absolute atomic E-state index is 16.8. The third kappa shape index (κ3) is 4.49. The van der Waals surface area contributed by atoms with Crippen LogP contribution in [-0.2, 0) is 0 Å². The normalized spacial score (nSPS) is 26.1. The maximum Gasteiger partial charge on any atom is 0.319 e. The molecule has 7 nitrogen and oxygen atoms in total. The highest BCUT2D eigenvalue weighted by atomic mass is 19.1. The van der Waals surface area contributed by atoms with E-state index in [0.29, 0.717) is 37.3 Å². The molecule has 11 heteroatoms. The third-order valence-electron chi connectivity index (χ3n) is 10.2. The molecule has 4 aromatic rings. The number of anilines is 1. The average Bonchev–Trinajstić information content (AvgIpc) is 3.56. The van der Waals surface area contributed by atoms with Crippen molar-refractivity contribution in [3.8, 4) is 35.2 Å². The van der Waals surface area contributed by atoms with Crippen molar-refractivity contribution >= 4 is 27.5 Å². The first-order valence-electron chi connectivity index (χ1n) is 15.4. The fraction of sp³-hybridized carbons (Fsp3) is 0.412. The molecule has 9 rings (SSSR count). The average molecular weight is 618 g/mol. The number of fused-ring (bicyclic) bond motifs is 6. The number of alkyl halides is 1. The van der Waals surface area contributed by atoms with Gasteiger partial charge in [0, 0.05) is 54.5 Å². The molecule has 2 bridgehead atoms. The van der Waals surface area contributed by atoms with Crippen LogP contribution < -0.4 is 15.0 Å². The summed E-state index contributed by atoms with van der Waals surface area (Å²) in [7, 11) is 0. The van der Waals surface area contributed by atoms with Gasteiger partial charge in [0.1, 0.15) is 41.5 Å². The highest BCUT2D eigenvalue weighted by molar-refractivity contribution is 6.04. The van der Waals surface area contributed by atoms with Gasteiger partial charge in [-0.25, -0.2) is 17.6 Å². The van der Waals surface area contributed by atoms with Gasteiger partial charge < -0.3 is 20.1 Å². The third-order valence-corrected chi connectivity index (χ3v) is 10.2. The fourth-order valence-electron chi connectivity index (χ4n) is 8.07. The number of halogens is 4. The van der Waals surface area contributed by atoms with Crippen molar-refractivity contribution in [1.29, 1.82) is 0 Å². The number of aromatic hydroxyl groups is 1. The number of rotatable bonds is 5.